The van der Waals surface area contributed by atoms with Gasteiger partial charge in [0.05, 0.1) is 0 Å². The molecule has 2 rings (SSSR count). The van der Waals surface area contributed by atoms with Gasteiger partial charge in [-0.15, -0.1) is 0 Å². The Morgan fingerprint density at radius 2 is 1.88 bits per heavy atom. The Hall–Kier alpha value is 1.30. The first-order valence-electron chi connectivity index (χ1n) is 5.33. The Balaban J connectivity index is 0.00000112. The Morgan fingerprint density at radius 3 is 2.50 bits per heavy atom. The SMILES string of the molecule is CCCC1=Cc2ccccc2[CH]1[Zr+2][CH3].[I-].[I-]. The summed E-state index contributed by atoms with van der Waals surface area (Å²) in [6, 6.07) is 8.93. The molecule has 0 spiro atoms. The average Bonchev–Trinajstić information content (AvgIpc) is 2.55. The Morgan fingerprint density at radius 1 is 1.19 bits per heavy atom. The van der Waals surface area contributed by atoms with Gasteiger partial charge in [-0.05, 0) is 0 Å². The van der Waals surface area contributed by atoms with E-state index in [9.17, 15) is 0 Å². The van der Waals surface area contributed by atoms with Gasteiger partial charge in [0.2, 0.25) is 0 Å². The molecule has 0 bridgehead atoms. The molecule has 0 heterocycles. The summed E-state index contributed by atoms with van der Waals surface area (Å²) in [7, 11) is 0. The number of fused-ring (bicyclic) bond motifs is 1. The first kappa shape index (κ1) is 17.3. The molecule has 0 radical (unpaired) electrons. The van der Waals surface area contributed by atoms with E-state index in [1.165, 1.54) is 18.4 Å². The van der Waals surface area contributed by atoms with E-state index in [-0.39, 0.29) is 71.2 Å². The quantitative estimate of drug-likeness (QED) is 0.410. The largest absolute Gasteiger partial charge is 1.00 e. The number of rotatable bonds is 3. The van der Waals surface area contributed by atoms with Gasteiger partial charge in [-0.1, -0.05) is 0 Å². The molecule has 1 aliphatic rings. The molecule has 86 valence electrons. The summed E-state index contributed by atoms with van der Waals surface area (Å²) in [5.74, 6) is 0. The fourth-order valence-electron chi connectivity index (χ4n) is 2.23. The summed E-state index contributed by atoms with van der Waals surface area (Å²) in [5.41, 5.74) is 4.82. The second kappa shape index (κ2) is 8.41. The van der Waals surface area contributed by atoms with Crippen molar-refractivity contribution in [1.82, 2.24) is 0 Å². The summed E-state index contributed by atoms with van der Waals surface area (Å²) in [6.45, 7) is 2.28. The van der Waals surface area contributed by atoms with Crippen LogP contribution < -0.4 is 48.0 Å². The van der Waals surface area contributed by atoms with Crippen molar-refractivity contribution < 1.29 is 71.2 Å². The van der Waals surface area contributed by atoms with Crippen LogP contribution in [0.3, 0.4) is 0 Å². The topological polar surface area (TPSA) is 0 Å². The van der Waals surface area contributed by atoms with E-state index in [0.29, 0.717) is 0 Å². The minimum atomic E-state index is -0.222. The maximum Gasteiger partial charge on any atom is -1.00 e. The first-order valence-corrected chi connectivity index (χ1v) is 9.21. The molecule has 0 N–H and O–H groups in total. The minimum Gasteiger partial charge on any atom is -1.00 e. The smallest absolute Gasteiger partial charge is 1.00 e. The Labute approximate surface area is 144 Å². The van der Waals surface area contributed by atoms with E-state index in [1.807, 2.05) is 0 Å². The number of allylic oxidation sites excluding steroid dienone is 1. The summed E-state index contributed by atoms with van der Waals surface area (Å²) in [4.78, 5) is 0. The molecule has 0 saturated carbocycles. The average molecular weight is 517 g/mol. The molecule has 1 aromatic carbocycles. The van der Waals surface area contributed by atoms with E-state index >= 15 is 0 Å². The van der Waals surface area contributed by atoms with Crippen LogP contribution in [0, 0.1) is 0 Å². The molecular weight excluding hydrogens is 501 g/mol. The molecule has 0 nitrogen and oxygen atoms in total. The van der Waals surface area contributed by atoms with Gasteiger partial charge in [-0.25, -0.2) is 0 Å². The number of hydrogen-bond acceptors (Lipinski definition) is 0. The van der Waals surface area contributed by atoms with Crippen LogP contribution >= 0.6 is 0 Å². The molecule has 1 unspecified atom stereocenters. The van der Waals surface area contributed by atoms with Gasteiger partial charge in [0.1, 0.15) is 0 Å². The Kier molecular flexibility index (Phi) is 9.10. The van der Waals surface area contributed by atoms with Gasteiger partial charge >= 0.3 is 98.3 Å². The predicted octanol–water partition coefficient (Wildman–Crippen LogP) is -1.94. The van der Waals surface area contributed by atoms with Gasteiger partial charge < -0.3 is 48.0 Å². The standard InChI is InChI=1S/C12H13.CH3.2HI.Zr/c1-2-5-10-8-11-6-3-4-7-12(11)9-10;;;;/h3-4,6-9H,2,5H2,1H3;1H3;2*1H;/q;;;;+2/p-2. The molecular formula is C13H16I2Zr. The van der Waals surface area contributed by atoms with Crippen LogP contribution in [0.4, 0.5) is 0 Å². The van der Waals surface area contributed by atoms with E-state index in [1.54, 1.807) is 11.1 Å². The van der Waals surface area contributed by atoms with Gasteiger partial charge in [-0.3, -0.25) is 0 Å². The third kappa shape index (κ3) is 3.65. The molecule has 1 aromatic rings. The third-order valence-corrected chi connectivity index (χ3v) is 5.94. The van der Waals surface area contributed by atoms with Crippen molar-refractivity contribution in [2.75, 3.05) is 0 Å². The normalized spacial score (nSPS) is 16.4. The van der Waals surface area contributed by atoms with Crippen LogP contribution in [-0.4, -0.2) is 0 Å². The maximum atomic E-state index is 2.46. The van der Waals surface area contributed by atoms with Gasteiger partial charge in [-0.2, -0.15) is 0 Å². The summed E-state index contributed by atoms with van der Waals surface area (Å²) in [5, 5.41) is 0. The zero-order chi connectivity index (χ0) is 9.97. The molecule has 3 heteroatoms. The predicted molar refractivity (Wildman–Crippen MR) is 57.9 cm³/mol. The Bertz CT molecular complexity index is 361. The van der Waals surface area contributed by atoms with E-state index in [2.05, 4.69) is 41.9 Å². The zero-order valence-corrected chi connectivity index (χ0v) is 16.4. The fraction of sp³-hybridized carbons (Fsp3) is 0.385. The second-order valence-electron chi connectivity index (χ2n) is 3.82. The van der Waals surface area contributed by atoms with Crippen molar-refractivity contribution in [2.24, 2.45) is 0 Å². The van der Waals surface area contributed by atoms with Crippen LogP contribution in [0.5, 0.6) is 0 Å². The summed E-state index contributed by atoms with van der Waals surface area (Å²) in [6.07, 6.45) is 5.03. The second-order valence-corrected chi connectivity index (χ2v) is 6.66. The van der Waals surface area contributed by atoms with Crippen LogP contribution in [0.2, 0.25) is 4.63 Å². The van der Waals surface area contributed by atoms with Gasteiger partial charge in [0.15, 0.2) is 0 Å². The molecule has 0 aromatic heterocycles. The first-order chi connectivity index (χ1) is 6.86. The van der Waals surface area contributed by atoms with Crippen molar-refractivity contribution in [1.29, 1.82) is 0 Å². The molecule has 16 heavy (non-hydrogen) atoms. The number of halogens is 2. The molecule has 1 atom stereocenters. The van der Waals surface area contributed by atoms with E-state index in [4.69, 9.17) is 0 Å². The van der Waals surface area contributed by atoms with Crippen LogP contribution in [-0.2, 0) is 23.2 Å². The minimum absolute atomic E-state index is 0. The maximum absolute atomic E-state index is 2.46. The monoisotopic (exact) mass is 516 g/mol. The molecule has 0 fully saturated rings. The van der Waals surface area contributed by atoms with Gasteiger partial charge in [0.25, 0.3) is 0 Å². The molecule has 1 aliphatic carbocycles. The van der Waals surface area contributed by atoms with Crippen molar-refractivity contribution in [2.45, 2.75) is 28.0 Å². The van der Waals surface area contributed by atoms with E-state index in [0.717, 1.165) is 3.63 Å². The molecule has 0 amide bonds. The summed E-state index contributed by atoms with van der Waals surface area (Å²) < 4.78 is 3.33. The van der Waals surface area contributed by atoms with Crippen LogP contribution in [0.15, 0.2) is 29.8 Å². The van der Waals surface area contributed by atoms with Gasteiger partial charge in [0, 0.05) is 0 Å². The molecule has 0 saturated heterocycles. The van der Waals surface area contributed by atoms with Crippen LogP contribution in [0.25, 0.3) is 6.08 Å². The van der Waals surface area contributed by atoms with Crippen molar-refractivity contribution in [3.63, 3.8) is 0 Å². The third-order valence-electron chi connectivity index (χ3n) is 2.85. The van der Waals surface area contributed by atoms with Crippen molar-refractivity contribution in [3.05, 3.63) is 41.0 Å². The molecule has 0 aliphatic heterocycles. The van der Waals surface area contributed by atoms with Crippen molar-refractivity contribution >= 4 is 6.08 Å². The number of benzene rings is 1. The summed E-state index contributed by atoms with van der Waals surface area (Å²) >= 11 is -0.222. The number of hydrogen-bond donors (Lipinski definition) is 0. The van der Waals surface area contributed by atoms with Crippen molar-refractivity contribution in [3.8, 4) is 0 Å². The fourth-order valence-corrected chi connectivity index (χ4v) is 5.12. The van der Waals surface area contributed by atoms with E-state index < -0.39 is 0 Å². The zero-order valence-electron chi connectivity index (χ0n) is 9.63. The van der Waals surface area contributed by atoms with Crippen LogP contribution in [0.1, 0.15) is 34.5 Å².